The van der Waals surface area contributed by atoms with Gasteiger partial charge >= 0.3 is 5.97 Å². The molecule has 0 aromatic carbocycles. The normalized spacial score (nSPS) is 28.1. The van der Waals surface area contributed by atoms with Gasteiger partial charge in [-0.3, -0.25) is 19.2 Å². The van der Waals surface area contributed by atoms with Crippen LogP contribution in [0.2, 0.25) is 0 Å². The zero-order chi connectivity index (χ0) is 21.4. The molecular weight excluding hydrogens is 384 g/mol. The van der Waals surface area contributed by atoms with Crippen molar-refractivity contribution >= 4 is 36.4 Å². The van der Waals surface area contributed by atoms with E-state index < -0.39 is 11.9 Å². The van der Waals surface area contributed by atoms with Crippen molar-refractivity contribution in [3.63, 3.8) is 0 Å². The maximum absolute atomic E-state index is 12.5. The van der Waals surface area contributed by atoms with E-state index in [1.165, 1.54) is 13.8 Å². The van der Waals surface area contributed by atoms with E-state index in [9.17, 15) is 19.2 Å². The fraction of sp³-hybridized carbons (Fsp3) is 0.789. The van der Waals surface area contributed by atoms with Crippen LogP contribution in [0.1, 0.15) is 53.9 Å². The molecule has 0 saturated carbocycles. The molecule has 0 aromatic rings. The van der Waals surface area contributed by atoms with Gasteiger partial charge in [-0.25, -0.2) is 0 Å². The van der Waals surface area contributed by atoms with Crippen LogP contribution in [0.3, 0.4) is 0 Å². The van der Waals surface area contributed by atoms with Gasteiger partial charge in [0.1, 0.15) is 18.4 Å². The summed E-state index contributed by atoms with van der Waals surface area (Å²) in [6.07, 6.45) is 0.00276. The number of hydrogen-bond acceptors (Lipinski definition) is 7. The van der Waals surface area contributed by atoms with Gasteiger partial charge in [-0.15, -0.1) is 0 Å². The number of Topliss-reactive ketones (excluding diaryl/α,β-unsaturated/α-hetero) is 1. The number of carbonyl (C=O) groups excluding carboxylic acids is 4. The van der Waals surface area contributed by atoms with Crippen LogP contribution in [0.15, 0.2) is 0 Å². The maximum Gasteiger partial charge on any atom is 0.302 e. The minimum Gasteiger partial charge on any atom is -0.463 e. The predicted molar refractivity (Wildman–Crippen MR) is 106 cm³/mol. The summed E-state index contributed by atoms with van der Waals surface area (Å²) in [6, 6.07) is -0.806. The summed E-state index contributed by atoms with van der Waals surface area (Å²) >= 11 is 3.71. The van der Waals surface area contributed by atoms with Crippen LogP contribution < -0.4 is 10.0 Å². The Balaban J connectivity index is 2.65. The van der Waals surface area contributed by atoms with E-state index >= 15 is 0 Å². The number of ketones is 1. The Bertz CT molecular complexity index is 585. The smallest absolute Gasteiger partial charge is 0.302 e. The van der Waals surface area contributed by atoms with E-state index in [2.05, 4.69) is 43.6 Å². The Morgan fingerprint density at radius 2 is 1.64 bits per heavy atom. The summed E-state index contributed by atoms with van der Waals surface area (Å²) in [6.45, 7) is 9.05. The number of nitrogens with one attached hydrogen (secondary N) is 2. The highest BCUT2D eigenvalue weighted by atomic mass is 32.1. The van der Waals surface area contributed by atoms with Crippen molar-refractivity contribution in [1.82, 2.24) is 10.0 Å². The average molecular weight is 417 g/mol. The monoisotopic (exact) mass is 416 g/mol. The summed E-state index contributed by atoms with van der Waals surface area (Å²) in [4.78, 5) is 46.6. The van der Waals surface area contributed by atoms with E-state index in [0.717, 1.165) is 0 Å². The molecule has 1 heterocycles. The van der Waals surface area contributed by atoms with Gasteiger partial charge in [0.2, 0.25) is 5.91 Å². The molecule has 0 radical (unpaired) electrons. The number of amides is 2. The first kappa shape index (κ1) is 24.4. The van der Waals surface area contributed by atoms with Crippen LogP contribution in [-0.4, -0.2) is 48.4 Å². The van der Waals surface area contributed by atoms with Crippen molar-refractivity contribution in [3.8, 4) is 0 Å². The highest BCUT2D eigenvalue weighted by Crippen LogP contribution is 2.36. The molecule has 1 aliphatic rings. The quantitative estimate of drug-likeness (QED) is 0.387. The van der Waals surface area contributed by atoms with Crippen LogP contribution in [0.25, 0.3) is 0 Å². The van der Waals surface area contributed by atoms with Crippen LogP contribution in [-0.2, 0) is 28.7 Å². The topological polar surface area (TPSA) is 111 Å². The van der Waals surface area contributed by atoms with Gasteiger partial charge in [0.05, 0.1) is 12.2 Å². The second-order valence-electron chi connectivity index (χ2n) is 7.60. The highest BCUT2D eigenvalue weighted by molar-refractivity contribution is 7.78. The molecule has 8 nitrogen and oxygen atoms in total. The van der Waals surface area contributed by atoms with E-state index in [1.807, 2.05) is 0 Å². The van der Waals surface area contributed by atoms with Gasteiger partial charge in [0.25, 0.3) is 5.91 Å². The summed E-state index contributed by atoms with van der Waals surface area (Å²) in [5.41, 5.74) is 0. The van der Waals surface area contributed by atoms with Gasteiger partial charge in [0.15, 0.2) is 0 Å². The van der Waals surface area contributed by atoms with Crippen molar-refractivity contribution in [3.05, 3.63) is 0 Å². The van der Waals surface area contributed by atoms with Gasteiger partial charge < -0.3 is 19.5 Å². The Kier molecular flexibility index (Phi) is 9.95. The molecule has 1 fully saturated rings. The molecule has 0 aliphatic carbocycles. The number of thiol groups is 1. The lowest BCUT2D eigenvalue weighted by Gasteiger charge is -2.43. The van der Waals surface area contributed by atoms with E-state index in [4.69, 9.17) is 9.47 Å². The predicted octanol–water partition coefficient (Wildman–Crippen LogP) is 1.43. The summed E-state index contributed by atoms with van der Waals surface area (Å²) < 4.78 is 13.4. The summed E-state index contributed by atoms with van der Waals surface area (Å²) in [7, 11) is 0. The lowest BCUT2D eigenvalue weighted by molar-refractivity contribution is -0.171. The summed E-state index contributed by atoms with van der Waals surface area (Å²) in [5.74, 6) is -0.557. The van der Waals surface area contributed by atoms with E-state index in [0.29, 0.717) is 5.92 Å². The Morgan fingerprint density at radius 1 is 1.04 bits per heavy atom. The molecule has 1 aliphatic heterocycles. The number of ether oxygens (including phenoxy) is 2. The number of carbonyl (C=O) groups is 4. The van der Waals surface area contributed by atoms with Gasteiger partial charge in [0, 0.05) is 26.7 Å². The molecule has 0 aromatic heterocycles. The van der Waals surface area contributed by atoms with Gasteiger partial charge in [-0.05, 0) is 24.2 Å². The van der Waals surface area contributed by atoms with Crippen LogP contribution in [0.4, 0.5) is 0 Å². The van der Waals surface area contributed by atoms with Crippen molar-refractivity contribution in [1.29, 1.82) is 0 Å². The fourth-order valence-electron chi connectivity index (χ4n) is 3.48. The highest BCUT2D eigenvalue weighted by Gasteiger charge is 2.40. The van der Waals surface area contributed by atoms with Crippen LogP contribution in [0.5, 0.6) is 0 Å². The molecule has 2 amide bonds. The zero-order valence-electron chi connectivity index (χ0n) is 17.2. The van der Waals surface area contributed by atoms with Gasteiger partial charge in [-0.2, -0.15) is 0 Å². The maximum atomic E-state index is 12.5. The van der Waals surface area contributed by atoms with Crippen molar-refractivity contribution < 1.29 is 28.7 Å². The molecular formula is C19H32N2O6S. The first-order valence-corrected chi connectivity index (χ1v) is 10.0. The Hall–Kier alpha value is -1.61. The second kappa shape index (κ2) is 11.4. The Labute approximate surface area is 172 Å². The molecule has 1 rings (SSSR count). The third-order valence-corrected chi connectivity index (χ3v) is 5.80. The molecule has 5 unspecified atom stereocenters. The second-order valence-corrected chi connectivity index (χ2v) is 7.83. The fourth-order valence-corrected chi connectivity index (χ4v) is 3.63. The minimum atomic E-state index is -0.806. The first-order chi connectivity index (χ1) is 13.1. The first-order valence-electron chi connectivity index (χ1n) is 9.58. The lowest BCUT2D eigenvalue weighted by Crippen LogP contribution is -2.47. The molecule has 28 heavy (non-hydrogen) atoms. The van der Waals surface area contributed by atoms with Crippen LogP contribution >= 0.6 is 12.8 Å². The molecule has 1 saturated heterocycles. The minimum absolute atomic E-state index is 0.0489. The molecule has 2 N–H and O–H groups in total. The molecule has 6 atom stereocenters. The van der Waals surface area contributed by atoms with E-state index in [-0.39, 0.29) is 67.6 Å². The van der Waals surface area contributed by atoms with Gasteiger partial charge in [-0.1, -0.05) is 33.6 Å². The number of rotatable bonds is 9. The number of esters is 1. The molecule has 0 bridgehead atoms. The van der Waals surface area contributed by atoms with E-state index in [1.54, 1.807) is 0 Å². The third-order valence-electron chi connectivity index (χ3n) is 5.58. The lowest BCUT2D eigenvalue weighted by atomic mass is 9.75. The number of hydrogen-bond donors (Lipinski definition) is 3. The average Bonchev–Trinajstić information content (AvgIpc) is 2.63. The zero-order valence-corrected chi connectivity index (χ0v) is 18.1. The standard InChI is InChI=1S/C19H32N2O6S/c1-10-11(2)17(27-18(12(10)3)9-26-14(5)23)8-15(24)6-7-16(19(25)21-28)20-13(4)22/h10-12,16-18,28H,6-9H2,1-5H3,(H,20,22)(H,21,25)/t10?,11?,12?,16-,17?,18?/m0/s1. The SMILES string of the molecule is CC(=O)N[C@@H](CCC(=O)CC1OC(COC(C)=O)C(C)C(C)C1C)C(=O)NS. The molecule has 0 spiro atoms. The molecule has 9 heteroatoms. The summed E-state index contributed by atoms with van der Waals surface area (Å²) in [5, 5.41) is 2.51. The largest absolute Gasteiger partial charge is 0.463 e. The molecule has 160 valence electrons. The third kappa shape index (κ3) is 7.43. The van der Waals surface area contributed by atoms with Crippen molar-refractivity contribution in [2.24, 2.45) is 17.8 Å². The van der Waals surface area contributed by atoms with Crippen molar-refractivity contribution in [2.75, 3.05) is 6.61 Å². The Morgan fingerprint density at radius 3 is 2.18 bits per heavy atom. The van der Waals surface area contributed by atoms with Crippen LogP contribution in [0, 0.1) is 17.8 Å². The van der Waals surface area contributed by atoms with Crippen molar-refractivity contribution in [2.45, 2.75) is 72.1 Å².